The molecule has 0 saturated carbocycles. The van der Waals surface area contributed by atoms with Crippen molar-refractivity contribution in [2.45, 2.75) is 12.5 Å². The van der Waals surface area contributed by atoms with Gasteiger partial charge in [-0.15, -0.1) is 0 Å². The number of nitrogens with two attached hydrogens (primary N) is 1. The summed E-state index contributed by atoms with van der Waals surface area (Å²) in [6, 6.07) is 7.65. The molecule has 0 spiro atoms. The maximum absolute atomic E-state index is 5.77. The number of ether oxygens (including phenoxy) is 1. The molecular formula is C10H14ClNO. The summed E-state index contributed by atoms with van der Waals surface area (Å²) in [5.74, 6) is 0. The molecule has 13 heavy (non-hydrogen) atoms. The van der Waals surface area contributed by atoms with Crippen LogP contribution in [0.1, 0.15) is 18.1 Å². The van der Waals surface area contributed by atoms with E-state index in [0.717, 1.165) is 17.0 Å². The highest BCUT2D eigenvalue weighted by atomic mass is 35.5. The first-order chi connectivity index (χ1) is 6.27. The van der Waals surface area contributed by atoms with Crippen LogP contribution in [0.15, 0.2) is 24.3 Å². The predicted molar refractivity (Wildman–Crippen MR) is 54.9 cm³/mol. The van der Waals surface area contributed by atoms with Gasteiger partial charge in [0.25, 0.3) is 0 Å². The highest BCUT2D eigenvalue weighted by Crippen LogP contribution is 2.21. The van der Waals surface area contributed by atoms with Gasteiger partial charge in [-0.25, -0.2) is 0 Å². The molecule has 0 unspecified atom stereocenters. The largest absolute Gasteiger partial charge is 0.377 e. The number of hydrogen-bond acceptors (Lipinski definition) is 2. The molecule has 1 aromatic rings. The normalized spacial score (nSPS) is 12.8. The quantitative estimate of drug-likeness (QED) is 0.808. The van der Waals surface area contributed by atoms with Gasteiger partial charge >= 0.3 is 0 Å². The molecule has 0 saturated heterocycles. The maximum atomic E-state index is 5.77. The first-order valence-corrected chi connectivity index (χ1v) is 4.64. The summed E-state index contributed by atoms with van der Waals surface area (Å²) in [7, 11) is 1.69. The Bertz CT molecular complexity index is 248. The van der Waals surface area contributed by atoms with Crippen LogP contribution < -0.4 is 5.73 Å². The van der Waals surface area contributed by atoms with Crippen molar-refractivity contribution in [2.75, 3.05) is 13.7 Å². The molecule has 72 valence electrons. The smallest absolute Gasteiger partial charge is 0.0833 e. The molecule has 2 nitrogen and oxygen atoms in total. The van der Waals surface area contributed by atoms with Crippen LogP contribution in [-0.2, 0) is 4.74 Å². The zero-order valence-electron chi connectivity index (χ0n) is 7.66. The van der Waals surface area contributed by atoms with Crippen LogP contribution in [0.3, 0.4) is 0 Å². The fraction of sp³-hybridized carbons (Fsp3) is 0.400. The molecule has 0 amide bonds. The predicted octanol–water partition coefficient (Wildman–Crippen LogP) is 2.38. The maximum Gasteiger partial charge on any atom is 0.0833 e. The lowest BCUT2D eigenvalue weighted by atomic mass is 10.1. The van der Waals surface area contributed by atoms with Gasteiger partial charge in [-0.2, -0.15) is 0 Å². The monoisotopic (exact) mass is 199 g/mol. The summed E-state index contributed by atoms with van der Waals surface area (Å²) in [4.78, 5) is 0. The Morgan fingerprint density at radius 3 is 2.46 bits per heavy atom. The summed E-state index contributed by atoms with van der Waals surface area (Å²) in [5, 5.41) is 0.742. The third kappa shape index (κ3) is 2.99. The molecule has 0 bridgehead atoms. The van der Waals surface area contributed by atoms with Gasteiger partial charge in [-0.1, -0.05) is 23.7 Å². The van der Waals surface area contributed by atoms with Crippen molar-refractivity contribution in [1.82, 2.24) is 0 Å². The van der Waals surface area contributed by atoms with Crippen molar-refractivity contribution in [2.24, 2.45) is 5.73 Å². The lowest BCUT2D eigenvalue weighted by Crippen LogP contribution is -2.08. The van der Waals surface area contributed by atoms with E-state index in [1.54, 1.807) is 7.11 Å². The van der Waals surface area contributed by atoms with Crippen LogP contribution in [0.5, 0.6) is 0 Å². The van der Waals surface area contributed by atoms with Gasteiger partial charge in [0, 0.05) is 12.1 Å². The third-order valence-electron chi connectivity index (χ3n) is 1.96. The Morgan fingerprint density at radius 1 is 1.38 bits per heavy atom. The summed E-state index contributed by atoms with van der Waals surface area (Å²) >= 11 is 5.77. The second-order valence-electron chi connectivity index (χ2n) is 2.85. The Morgan fingerprint density at radius 2 is 2.00 bits per heavy atom. The summed E-state index contributed by atoms with van der Waals surface area (Å²) in [5.41, 5.74) is 6.59. The molecule has 2 N–H and O–H groups in total. The number of benzene rings is 1. The van der Waals surface area contributed by atoms with E-state index in [1.165, 1.54) is 0 Å². The van der Waals surface area contributed by atoms with Gasteiger partial charge in [-0.3, -0.25) is 0 Å². The van der Waals surface area contributed by atoms with Gasteiger partial charge < -0.3 is 10.5 Å². The Balaban J connectivity index is 2.73. The minimum absolute atomic E-state index is 0.0854. The zero-order valence-corrected chi connectivity index (χ0v) is 8.42. The molecule has 0 fully saturated rings. The lowest BCUT2D eigenvalue weighted by molar-refractivity contribution is 0.0978. The third-order valence-corrected chi connectivity index (χ3v) is 2.21. The number of methoxy groups -OCH3 is 1. The Labute approximate surface area is 83.6 Å². The molecule has 1 aromatic carbocycles. The molecule has 0 aromatic heterocycles. The summed E-state index contributed by atoms with van der Waals surface area (Å²) in [6.07, 6.45) is 0.917. The molecule has 1 atom stereocenters. The molecule has 0 radical (unpaired) electrons. The molecule has 0 aliphatic heterocycles. The minimum Gasteiger partial charge on any atom is -0.377 e. The van der Waals surface area contributed by atoms with Crippen molar-refractivity contribution < 1.29 is 4.74 Å². The van der Waals surface area contributed by atoms with Crippen LogP contribution >= 0.6 is 11.6 Å². The fourth-order valence-electron chi connectivity index (χ4n) is 1.25. The SMILES string of the molecule is CO[C@@H](CCN)c1ccc(Cl)cc1. The zero-order chi connectivity index (χ0) is 9.68. The van der Waals surface area contributed by atoms with E-state index < -0.39 is 0 Å². The number of halogens is 1. The van der Waals surface area contributed by atoms with E-state index in [0.29, 0.717) is 6.54 Å². The van der Waals surface area contributed by atoms with Crippen LogP contribution in [0.25, 0.3) is 0 Å². The average molecular weight is 200 g/mol. The first-order valence-electron chi connectivity index (χ1n) is 4.26. The van der Waals surface area contributed by atoms with Crippen LogP contribution in [0.4, 0.5) is 0 Å². The van der Waals surface area contributed by atoms with Gasteiger partial charge in [0.2, 0.25) is 0 Å². The van der Waals surface area contributed by atoms with Crippen molar-refractivity contribution in [3.05, 3.63) is 34.9 Å². The van der Waals surface area contributed by atoms with Gasteiger partial charge in [0.05, 0.1) is 6.10 Å². The first kappa shape index (κ1) is 10.5. The van der Waals surface area contributed by atoms with E-state index in [1.807, 2.05) is 24.3 Å². The highest BCUT2D eigenvalue weighted by Gasteiger charge is 2.08. The van der Waals surface area contributed by atoms with Gasteiger partial charge in [0.1, 0.15) is 0 Å². The van der Waals surface area contributed by atoms with Gasteiger partial charge in [-0.05, 0) is 30.7 Å². The second-order valence-corrected chi connectivity index (χ2v) is 3.29. The number of hydrogen-bond donors (Lipinski definition) is 1. The standard InChI is InChI=1S/C10H14ClNO/c1-13-10(6-7-12)8-2-4-9(11)5-3-8/h2-5,10H,6-7,12H2,1H3/t10-/m0/s1. The Hall–Kier alpha value is -0.570. The topological polar surface area (TPSA) is 35.2 Å². The Kier molecular flexibility index (Phi) is 4.22. The van der Waals surface area contributed by atoms with E-state index in [2.05, 4.69) is 0 Å². The van der Waals surface area contributed by atoms with E-state index >= 15 is 0 Å². The van der Waals surface area contributed by atoms with Crippen LogP contribution in [-0.4, -0.2) is 13.7 Å². The molecule has 0 aliphatic rings. The minimum atomic E-state index is 0.0854. The fourth-order valence-corrected chi connectivity index (χ4v) is 1.38. The molecule has 1 rings (SSSR count). The molecule has 0 aliphatic carbocycles. The van der Waals surface area contributed by atoms with Crippen molar-refractivity contribution in [1.29, 1.82) is 0 Å². The molecule has 3 heteroatoms. The van der Waals surface area contributed by atoms with Gasteiger partial charge in [0.15, 0.2) is 0 Å². The van der Waals surface area contributed by atoms with Crippen molar-refractivity contribution in [3.8, 4) is 0 Å². The highest BCUT2D eigenvalue weighted by molar-refractivity contribution is 6.30. The lowest BCUT2D eigenvalue weighted by Gasteiger charge is -2.14. The van der Waals surface area contributed by atoms with E-state index in [-0.39, 0.29) is 6.10 Å². The average Bonchev–Trinajstić information content (AvgIpc) is 2.16. The van der Waals surface area contributed by atoms with Crippen molar-refractivity contribution >= 4 is 11.6 Å². The van der Waals surface area contributed by atoms with E-state index in [9.17, 15) is 0 Å². The number of rotatable bonds is 4. The molecular weight excluding hydrogens is 186 g/mol. The summed E-state index contributed by atoms with van der Waals surface area (Å²) in [6.45, 7) is 0.626. The van der Waals surface area contributed by atoms with E-state index in [4.69, 9.17) is 22.1 Å². The molecule has 0 heterocycles. The second kappa shape index (κ2) is 5.22. The van der Waals surface area contributed by atoms with Crippen LogP contribution in [0, 0.1) is 0 Å². The van der Waals surface area contributed by atoms with Crippen molar-refractivity contribution in [3.63, 3.8) is 0 Å². The summed E-state index contributed by atoms with van der Waals surface area (Å²) < 4.78 is 5.29. The van der Waals surface area contributed by atoms with Crippen LogP contribution in [0.2, 0.25) is 5.02 Å².